The van der Waals surface area contributed by atoms with Gasteiger partial charge in [-0.25, -0.2) is 4.79 Å². The van der Waals surface area contributed by atoms with Gasteiger partial charge < -0.3 is 19.7 Å². The Morgan fingerprint density at radius 1 is 1.18 bits per heavy atom. The highest BCUT2D eigenvalue weighted by Crippen LogP contribution is 2.15. The summed E-state index contributed by atoms with van der Waals surface area (Å²) in [4.78, 5) is 24.9. The zero-order valence-electron chi connectivity index (χ0n) is 15.2. The fraction of sp³-hybridized carbons (Fsp3) is 0.263. The van der Waals surface area contributed by atoms with Crippen molar-refractivity contribution in [1.29, 1.82) is 0 Å². The van der Waals surface area contributed by atoms with Crippen molar-refractivity contribution < 1.29 is 28.7 Å². The molecule has 9 nitrogen and oxygen atoms in total. The van der Waals surface area contributed by atoms with Gasteiger partial charge in [-0.1, -0.05) is 18.2 Å². The van der Waals surface area contributed by atoms with Crippen molar-refractivity contribution in [2.75, 3.05) is 13.7 Å². The molecule has 0 bridgehead atoms. The largest absolute Gasteiger partial charge is 0.491 e. The molecule has 0 aliphatic carbocycles. The number of carbonyl (C=O) groups excluding carboxylic acids is 1. The molecule has 2 aromatic carbocycles. The van der Waals surface area contributed by atoms with Crippen molar-refractivity contribution >= 4 is 17.4 Å². The fourth-order valence-electron chi connectivity index (χ4n) is 2.30. The summed E-state index contributed by atoms with van der Waals surface area (Å²) in [6, 6.07) is 14.9. The molecule has 1 unspecified atom stereocenters. The summed E-state index contributed by atoms with van der Waals surface area (Å²) in [7, 11) is 1.18. The third-order valence-electron chi connectivity index (χ3n) is 3.77. The Hall–Kier alpha value is -3.55. The predicted octanol–water partition coefficient (Wildman–Crippen LogP) is 2.79. The molecule has 2 rings (SSSR count). The first kappa shape index (κ1) is 20.8. The van der Waals surface area contributed by atoms with E-state index in [0.29, 0.717) is 11.3 Å². The number of nitro groups is 1. The topological polar surface area (TPSA) is 124 Å². The summed E-state index contributed by atoms with van der Waals surface area (Å²) in [5.74, 6) is -0.155. The normalized spacial score (nSPS) is 11.2. The van der Waals surface area contributed by atoms with Crippen LogP contribution in [-0.2, 0) is 20.9 Å². The lowest BCUT2D eigenvalue weighted by Crippen LogP contribution is -2.29. The minimum atomic E-state index is -0.772. The highest BCUT2D eigenvalue weighted by Gasteiger charge is 2.27. The van der Waals surface area contributed by atoms with Gasteiger partial charge in [0.1, 0.15) is 18.5 Å². The lowest BCUT2D eigenvalue weighted by molar-refractivity contribution is -0.384. The minimum absolute atomic E-state index is 0.0203. The molecule has 0 N–H and O–H groups in total. The zero-order valence-corrected chi connectivity index (χ0v) is 15.2. The van der Waals surface area contributed by atoms with E-state index in [4.69, 9.17) is 15.0 Å². The van der Waals surface area contributed by atoms with E-state index < -0.39 is 17.0 Å². The molecule has 146 valence electrons. The monoisotopic (exact) mass is 385 g/mol. The maximum atomic E-state index is 11.7. The van der Waals surface area contributed by atoms with Crippen molar-refractivity contribution in [3.63, 3.8) is 0 Å². The molecular formula is C19H19N3O6. The van der Waals surface area contributed by atoms with Gasteiger partial charge in [-0.3, -0.25) is 10.1 Å². The van der Waals surface area contributed by atoms with Gasteiger partial charge in [-0.15, -0.1) is 0 Å². The molecule has 9 heteroatoms. The highest BCUT2D eigenvalue weighted by molar-refractivity contribution is 6.33. The van der Waals surface area contributed by atoms with Crippen molar-refractivity contribution in [2.45, 2.75) is 19.1 Å². The Morgan fingerprint density at radius 3 is 2.43 bits per heavy atom. The number of nitrogens with zero attached hydrogens (tertiary/aromatic N) is 3. The number of para-hydroxylation sites is 1. The van der Waals surface area contributed by atoms with Gasteiger partial charge in [0.2, 0.25) is 0 Å². The molecule has 2 aromatic rings. The number of benzene rings is 2. The summed E-state index contributed by atoms with van der Waals surface area (Å²) in [5.41, 5.74) is 9.54. The molecule has 0 radical (unpaired) electrons. The summed E-state index contributed by atoms with van der Waals surface area (Å²) < 4.78 is 16.0. The first-order chi connectivity index (χ1) is 13.5. The SMILES string of the molecule is COC(=O)C(CC(COc1ccccc1)OCc1ccc([N+](=O)[O-])cc1)=[N+]=[N-]. The van der Waals surface area contributed by atoms with Gasteiger partial charge in [0.25, 0.3) is 5.69 Å². The van der Waals surface area contributed by atoms with Crippen LogP contribution in [0.15, 0.2) is 54.6 Å². The summed E-state index contributed by atoms with van der Waals surface area (Å²) in [5, 5.41) is 10.7. The quantitative estimate of drug-likeness (QED) is 0.155. The molecule has 28 heavy (non-hydrogen) atoms. The molecule has 1 atom stereocenters. The van der Waals surface area contributed by atoms with Crippen LogP contribution in [0.4, 0.5) is 5.69 Å². The smallest absolute Gasteiger partial charge is 0.416 e. The predicted molar refractivity (Wildman–Crippen MR) is 98.9 cm³/mol. The van der Waals surface area contributed by atoms with E-state index in [2.05, 4.69) is 9.53 Å². The number of rotatable bonds is 10. The number of hydrogen-bond acceptors (Lipinski definition) is 6. The number of carbonyl (C=O) groups is 1. The van der Waals surface area contributed by atoms with Gasteiger partial charge in [0.15, 0.2) is 0 Å². The number of esters is 1. The fourth-order valence-corrected chi connectivity index (χ4v) is 2.30. The standard InChI is InChI=1S/C19H19N3O6/c1-26-19(23)18(21-20)11-17(13-28-16-5-3-2-4-6-16)27-12-14-7-9-15(10-8-14)22(24)25/h2-10,17H,11-13H2,1H3. The molecule has 0 aliphatic rings. The third-order valence-corrected chi connectivity index (χ3v) is 3.77. The van der Waals surface area contributed by atoms with Crippen LogP contribution in [0.2, 0.25) is 0 Å². The van der Waals surface area contributed by atoms with E-state index in [9.17, 15) is 14.9 Å². The van der Waals surface area contributed by atoms with E-state index in [-0.39, 0.29) is 31.0 Å². The average Bonchev–Trinajstić information content (AvgIpc) is 2.73. The Morgan fingerprint density at radius 2 is 1.86 bits per heavy atom. The van der Waals surface area contributed by atoms with Crippen LogP contribution >= 0.6 is 0 Å². The lowest BCUT2D eigenvalue weighted by atomic mass is 10.1. The van der Waals surface area contributed by atoms with Crippen LogP contribution in [0.25, 0.3) is 5.53 Å². The number of methoxy groups -OCH3 is 1. The van der Waals surface area contributed by atoms with Crippen LogP contribution in [0.3, 0.4) is 0 Å². The molecule has 0 saturated carbocycles. The number of hydrogen-bond donors (Lipinski definition) is 0. The van der Waals surface area contributed by atoms with E-state index >= 15 is 0 Å². The number of non-ortho nitro benzene ring substituents is 1. The van der Waals surface area contributed by atoms with Gasteiger partial charge in [-0.05, 0) is 29.8 Å². The summed E-state index contributed by atoms with van der Waals surface area (Å²) in [6.45, 7) is 0.216. The molecular weight excluding hydrogens is 366 g/mol. The van der Waals surface area contributed by atoms with Crippen molar-refractivity contribution in [3.05, 3.63) is 75.8 Å². The molecule has 0 heterocycles. The highest BCUT2D eigenvalue weighted by atomic mass is 16.6. The van der Waals surface area contributed by atoms with Crippen LogP contribution in [0, 0.1) is 10.1 Å². The second-order valence-electron chi connectivity index (χ2n) is 5.72. The molecule has 0 saturated heterocycles. The Kier molecular flexibility index (Phi) is 7.83. The molecule has 0 amide bonds. The molecule has 0 fully saturated rings. The number of nitro benzene ring substituents is 1. The second-order valence-corrected chi connectivity index (χ2v) is 5.72. The molecule has 0 aromatic heterocycles. The van der Waals surface area contributed by atoms with Crippen LogP contribution in [0.5, 0.6) is 5.75 Å². The Labute approximate surface area is 161 Å². The second kappa shape index (κ2) is 10.6. The van der Waals surface area contributed by atoms with Crippen molar-refractivity contribution in [2.24, 2.45) is 0 Å². The summed E-state index contributed by atoms with van der Waals surface area (Å²) >= 11 is 0. The molecule has 0 aliphatic heterocycles. The zero-order chi connectivity index (χ0) is 20.4. The Bertz CT molecular complexity index is 848. The summed E-state index contributed by atoms with van der Waals surface area (Å²) in [6.07, 6.45) is -0.663. The lowest BCUT2D eigenvalue weighted by Gasteiger charge is -2.17. The van der Waals surface area contributed by atoms with Crippen molar-refractivity contribution in [1.82, 2.24) is 0 Å². The van der Waals surface area contributed by atoms with E-state index in [1.54, 1.807) is 24.3 Å². The van der Waals surface area contributed by atoms with E-state index in [0.717, 1.165) is 0 Å². The third kappa shape index (κ3) is 6.31. The van der Waals surface area contributed by atoms with E-state index in [1.165, 1.54) is 19.2 Å². The van der Waals surface area contributed by atoms with Gasteiger partial charge in [0, 0.05) is 12.1 Å². The Balaban J connectivity index is 2.04. The average molecular weight is 385 g/mol. The van der Waals surface area contributed by atoms with Crippen LogP contribution in [0.1, 0.15) is 12.0 Å². The first-order valence-electron chi connectivity index (χ1n) is 8.35. The van der Waals surface area contributed by atoms with Gasteiger partial charge in [0.05, 0.1) is 25.1 Å². The van der Waals surface area contributed by atoms with Crippen molar-refractivity contribution in [3.8, 4) is 5.75 Å². The maximum absolute atomic E-state index is 11.7. The first-order valence-corrected chi connectivity index (χ1v) is 8.35. The van der Waals surface area contributed by atoms with E-state index in [1.807, 2.05) is 18.2 Å². The van der Waals surface area contributed by atoms with Crippen LogP contribution < -0.4 is 4.74 Å². The minimum Gasteiger partial charge on any atom is -0.491 e. The maximum Gasteiger partial charge on any atom is 0.416 e. The van der Waals surface area contributed by atoms with Crippen LogP contribution in [-0.4, -0.2) is 41.2 Å². The van der Waals surface area contributed by atoms with Gasteiger partial charge in [-0.2, -0.15) is 4.79 Å². The van der Waals surface area contributed by atoms with Gasteiger partial charge >= 0.3 is 11.7 Å². The number of ether oxygens (including phenoxy) is 3. The molecule has 0 spiro atoms.